The van der Waals surface area contributed by atoms with Gasteiger partial charge in [-0.05, 0) is 17.7 Å². The highest BCUT2D eigenvalue weighted by molar-refractivity contribution is 7.79. The van der Waals surface area contributed by atoms with Gasteiger partial charge in [-0.2, -0.15) is 8.42 Å². The van der Waals surface area contributed by atoms with Crippen molar-refractivity contribution in [3.63, 3.8) is 0 Å². The normalized spacial score (nSPS) is 20.9. The van der Waals surface area contributed by atoms with E-state index in [-0.39, 0.29) is 19.1 Å². The van der Waals surface area contributed by atoms with Crippen LogP contribution in [0.4, 0.5) is 5.82 Å². The highest BCUT2D eigenvalue weighted by atomic mass is 35.5. The van der Waals surface area contributed by atoms with Gasteiger partial charge in [0.25, 0.3) is 0 Å². The van der Waals surface area contributed by atoms with E-state index in [4.69, 9.17) is 48.6 Å². The zero-order valence-corrected chi connectivity index (χ0v) is 19.5. The van der Waals surface area contributed by atoms with Crippen LogP contribution in [0.5, 0.6) is 0 Å². The molecule has 16 heteroatoms. The van der Waals surface area contributed by atoms with Crippen LogP contribution >= 0.6 is 19.2 Å². The summed E-state index contributed by atoms with van der Waals surface area (Å²) in [6.07, 6.45) is 3.14. The molecular formula is C17H21ClN5O8PS. The van der Waals surface area contributed by atoms with Gasteiger partial charge in [0, 0.05) is 18.0 Å². The Labute approximate surface area is 194 Å². The molecule has 1 fully saturated rings. The van der Waals surface area contributed by atoms with Gasteiger partial charge in [-0.15, -0.1) is 0 Å². The molecule has 2 aromatic heterocycles. The minimum atomic E-state index is -4.67. The molecule has 0 amide bonds. The lowest BCUT2D eigenvalue weighted by atomic mass is 10.1. The van der Waals surface area contributed by atoms with E-state index in [1.54, 1.807) is 23.0 Å². The molecule has 4 rings (SSSR count). The summed E-state index contributed by atoms with van der Waals surface area (Å²) in [6, 6.07) is 7.32. The molecule has 0 bridgehead atoms. The van der Waals surface area contributed by atoms with Crippen molar-refractivity contribution in [1.29, 1.82) is 0 Å². The third kappa shape index (κ3) is 7.69. The predicted molar refractivity (Wildman–Crippen MR) is 118 cm³/mol. The first-order valence-electron chi connectivity index (χ1n) is 9.40. The Morgan fingerprint density at radius 3 is 2.79 bits per heavy atom. The van der Waals surface area contributed by atoms with E-state index in [9.17, 15) is 4.57 Å². The molecule has 1 aliphatic rings. The van der Waals surface area contributed by atoms with Crippen LogP contribution in [0.15, 0.2) is 36.9 Å². The Morgan fingerprint density at radius 1 is 1.30 bits per heavy atom. The summed E-state index contributed by atoms with van der Waals surface area (Å²) < 4.78 is 62.9. The van der Waals surface area contributed by atoms with Gasteiger partial charge in [-0.3, -0.25) is 18.2 Å². The number of benzene rings is 1. The van der Waals surface area contributed by atoms with Crippen LogP contribution in [-0.2, 0) is 35.3 Å². The molecule has 2 atom stereocenters. The second-order valence-electron chi connectivity index (χ2n) is 6.74. The van der Waals surface area contributed by atoms with E-state index in [2.05, 4.69) is 15.0 Å². The zero-order valence-electron chi connectivity index (χ0n) is 17.0. The number of nitrogens with two attached hydrogens (primary N) is 1. The van der Waals surface area contributed by atoms with Gasteiger partial charge < -0.3 is 19.6 Å². The topological polar surface area (TPSA) is 189 Å². The molecule has 180 valence electrons. The molecule has 1 saturated heterocycles. The average Bonchev–Trinajstić information content (AvgIpc) is 3.15. The number of anilines is 1. The summed E-state index contributed by atoms with van der Waals surface area (Å²) in [5.74, 6) is 0.324. The monoisotopic (exact) mass is 521 g/mol. The summed E-state index contributed by atoms with van der Waals surface area (Å²) in [6.45, 7) is 1.08. The maximum Gasteiger partial charge on any atom is 0.394 e. The van der Waals surface area contributed by atoms with Gasteiger partial charge in [0.1, 0.15) is 18.2 Å². The van der Waals surface area contributed by atoms with Crippen molar-refractivity contribution < 1.29 is 35.9 Å². The average molecular weight is 522 g/mol. The third-order valence-electron chi connectivity index (χ3n) is 4.33. The van der Waals surface area contributed by atoms with Crippen molar-refractivity contribution in [3.05, 3.63) is 47.5 Å². The van der Waals surface area contributed by atoms with Gasteiger partial charge in [-0.1, -0.05) is 23.7 Å². The number of hydrogen-bond acceptors (Lipinski definition) is 10. The number of rotatable bonds is 6. The SMILES string of the molecule is Nc1ncnc2c1ncn2CCOC[P@@]1(=O)OCC[C@@H](c2cccc(Cl)c2)O1.O=S(=O)(O)O. The van der Waals surface area contributed by atoms with Crippen LogP contribution in [0.25, 0.3) is 11.2 Å². The quantitative estimate of drug-likeness (QED) is 0.244. The number of nitrogen functional groups attached to an aromatic ring is 1. The molecule has 3 aromatic rings. The first-order valence-corrected chi connectivity index (χ1v) is 12.9. The smallest absolute Gasteiger partial charge is 0.382 e. The minimum Gasteiger partial charge on any atom is -0.382 e. The van der Waals surface area contributed by atoms with Gasteiger partial charge in [-0.25, -0.2) is 15.0 Å². The summed E-state index contributed by atoms with van der Waals surface area (Å²) >= 11 is 6.03. The maximum atomic E-state index is 12.9. The van der Waals surface area contributed by atoms with Crippen LogP contribution in [-0.4, -0.2) is 56.6 Å². The lowest BCUT2D eigenvalue weighted by molar-refractivity contribution is 0.0563. The van der Waals surface area contributed by atoms with Gasteiger partial charge in [0.2, 0.25) is 0 Å². The fourth-order valence-electron chi connectivity index (χ4n) is 2.98. The van der Waals surface area contributed by atoms with E-state index >= 15 is 0 Å². The number of halogens is 1. The van der Waals surface area contributed by atoms with Crippen LogP contribution in [0.3, 0.4) is 0 Å². The lowest BCUT2D eigenvalue weighted by Crippen LogP contribution is -2.17. The van der Waals surface area contributed by atoms with Gasteiger partial charge in [0.05, 0.1) is 25.6 Å². The Balaban J connectivity index is 0.000000555. The number of ether oxygens (including phenoxy) is 1. The molecule has 0 unspecified atom stereocenters. The minimum absolute atomic E-state index is 0.131. The van der Waals surface area contributed by atoms with Crippen LogP contribution in [0.2, 0.25) is 5.02 Å². The van der Waals surface area contributed by atoms with E-state index in [1.165, 1.54) is 6.33 Å². The molecule has 3 heterocycles. The Kier molecular flexibility index (Phi) is 8.37. The van der Waals surface area contributed by atoms with Crippen molar-refractivity contribution in [2.24, 2.45) is 0 Å². The second kappa shape index (κ2) is 10.8. The highest BCUT2D eigenvalue weighted by Crippen LogP contribution is 2.56. The molecule has 13 nitrogen and oxygen atoms in total. The molecule has 0 spiro atoms. The third-order valence-corrected chi connectivity index (χ3v) is 6.22. The number of imidazole rings is 1. The zero-order chi connectivity index (χ0) is 24.1. The number of nitrogens with zero attached hydrogens (tertiary/aromatic N) is 4. The van der Waals surface area contributed by atoms with E-state index in [1.807, 2.05) is 12.1 Å². The van der Waals surface area contributed by atoms with Crippen molar-refractivity contribution in [1.82, 2.24) is 19.5 Å². The van der Waals surface area contributed by atoms with Crippen molar-refractivity contribution in [2.45, 2.75) is 19.1 Å². The summed E-state index contributed by atoms with van der Waals surface area (Å²) in [4.78, 5) is 12.3. The van der Waals surface area contributed by atoms with Crippen molar-refractivity contribution in [2.75, 3.05) is 25.3 Å². The van der Waals surface area contributed by atoms with Crippen LogP contribution in [0, 0.1) is 0 Å². The largest absolute Gasteiger partial charge is 0.394 e. The van der Waals surface area contributed by atoms with Crippen LogP contribution in [0.1, 0.15) is 18.1 Å². The fraction of sp³-hybridized carbons (Fsp3) is 0.353. The second-order valence-corrected chi connectivity index (χ2v) is 10.0. The van der Waals surface area contributed by atoms with E-state index in [0.29, 0.717) is 41.6 Å². The standard InChI is InChI=1S/C17H19ClN5O4P.H2O4S/c18-13-3-1-2-12(8-13)14-4-6-26-28(24,27-14)11-25-7-5-23-10-22-15-16(19)20-9-21-17(15)23;1-5(2,3)4/h1-3,8-10,14H,4-7,11H2,(H2,19,20,21);(H2,1,2,3,4)/t14-,28+;/m0./s1. The molecule has 0 radical (unpaired) electrons. The predicted octanol–water partition coefficient (Wildman–Crippen LogP) is 2.75. The molecule has 1 aromatic carbocycles. The summed E-state index contributed by atoms with van der Waals surface area (Å²) in [5, 5.41) is 0.607. The van der Waals surface area contributed by atoms with Crippen molar-refractivity contribution >= 4 is 46.6 Å². The molecule has 4 N–H and O–H groups in total. The highest BCUT2D eigenvalue weighted by Gasteiger charge is 2.34. The molecular weight excluding hydrogens is 501 g/mol. The van der Waals surface area contributed by atoms with Crippen molar-refractivity contribution in [3.8, 4) is 0 Å². The van der Waals surface area contributed by atoms with E-state index in [0.717, 1.165) is 5.56 Å². The van der Waals surface area contributed by atoms with Gasteiger partial charge >= 0.3 is 18.0 Å². The Bertz CT molecular complexity index is 1250. The van der Waals surface area contributed by atoms with Gasteiger partial charge in [0.15, 0.2) is 11.5 Å². The molecule has 0 aliphatic carbocycles. The summed E-state index contributed by atoms with van der Waals surface area (Å²) in [5.41, 5.74) is 7.81. The summed E-state index contributed by atoms with van der Waals surface area (Å²) in [7, 11) is -8.02. The Morgan fingerprint density at radius 2 is 2.06 bits per heavy atom. The number of aromatic nitrogens is 4. The molecule has 1 aliphatic heterocycles. The number of fused-ring (bicyclic) bond motifs is 1. The Hall–Kier alpha value is -2.16. The number of hydrogen-bond donors (Lipinski definition) is 3. The van der Waals surface area contributed by atoms with E-state index < -0.39 is 18.0 Å². The molecule has 0 saturated carbocycles. The fourth-order valence-corrected chi connectivity index (χ4v) is 4.73. The lowest BCUT2D eigenvalue weighted by Gasteiger charge is -2.30. The maximum absolute atomic E-state index is 12.9. The first kappa shape index (κ1) is 25.5. The molecule has 33 heavy (non-hydrogen) atoms. The first-order chi connectivity index (χ1) is 15.5. The van der Waals surface area contributed by atoms with Crippen LogP contribution < -0.4 is 5.73 Å².